The van der Waals surface area contributed by atoms with E-state index >= 15 is 0 Å². The highest BCUT2D eigenvalue weighted by atomic mass is 32.1. The summed E-state index contributed by atoms with van der Waals surface area (Å²) in [6.45, 7) is 4.42. The van der Waals surface area contributed by atoms with E-state index in [1.54, 1.807) is 11.3 Å². The maximum absolute atomic E-state index is 12.4. The summed E-state index contributed by atoms with van der Waals surface area (Å²) in [6.07, 6.45) is 6.46. The largest absolute Gasteiger partial charge is 0.396 e. The van der Waals surface area contributed by atoms with Crippen molar-refractivity contribution in [3.8, 4) is 0 Å². The second-order valence-electron chi connectivity index (χ2n) is 5.75. The molecule has 0 saturated heterocycles. The predicted molar refractivity (Wildman–Crippen MR) is 83.3 cm³/mol. The lowest BCUT2D eigenvalue weighted by molar-refractivity contribution is 0.0876. The van der Waals surface area contributed by atoms with Crippen LogP contribution in [-0.4, -0.2) is 23.7 Å². The minimum Gasteiger partial charge on any atom is -0.396 e. The average molecular weight is 295 g/mol. The summed E-state index contributed by atoms with van der Waals surface area (Å²) in [5, 5.41) is 12.5. The molecule has 1 fully saturated rings. The molecule has 1 aromatic rings. The molecule has 1 amide bonds. The van der Waals surface area contributed by atoms with Crippen molar-refractivity contribution in [2.75, 3.05) is 6.61 Å². The fraction of sp³-hybridized carbons (Fsp3) is 0.688. The third-order valence-corrected chi connectivity index (χ3v) is 5.32. The molecule has 1 saturated carbocycles. The van der Waals surface area contributed by atoms with Gasteiger partial charge in [-0.05, 0) is 37.8 Å². The van der Waals surface area contributed by atoms with E-state index in [0.717, 1.165) is 43.4 Å². The van der Waals surface area contributed by atoms with Crippen LogP contribution in [0.25, 0.3) is 0 Å². The number of aliphatic hydroxyl groups excluding tert-OH is 1. The Labute approximate surface area is 125 Å². The van der Waals surface area contributed by atoms with Crippen LogP contribution < -0.4 is 5.32 Å². The summed E-state index contributed by atoms with van der Waals surface area (Å²) in [5.41, 5.74) is 1.30. The summed E-state index contributed by atoms with van der Waals surface area (Å²) < 4.78 is 0. The summed E-state index contributed by atoms with van der Waals surface area (Å²) >= 11 is 1.59. The van der Waals surface area contributed by atoms with E-state index in [2.05, 4.69) is 19.2 Å². The van der Waals surface area contributed by atoms with Gasteiger partial charge in [-0.25, -0.2) is 0 Å². The Morgan fingerprint density at radius 1 is 1.45 bits per heavy atom. The molecule has 3 nitrogen and oxygen atoms in total. The Hall–Kier alpha value is -0.870. The van der Waals surface area contributed by atoms with Gasteiger partial charge in [0.1, 0.15) is 0 Å². The Morgan fingerprint density at radius 3 is 2.90 bits per heavy atom. The van der Waals surface area contributed by atoms with Gasteiger partial charge >= 0.3 is 0 Å². The van der Waals surface area contributed by atoms with Crippen LogP contribution in [0, 0.1) is 12.8 Å². The standard InChI is InChI=1S/C16H25NO2S/c1-3-6-12-9-15(20-11(12)2)16(19)17-14-8-5-4-7-13(14)10-18/h9,13-14,18H,3-8,10H2,1-2H3,(H,17,19). The normalized spacial score (nSPS) is 22.8. The van der Waals surface area contributed by atoms with Gasteiger partial charge in [0.25, 0.3) is 5.91 Å². The number of aliphatic hydroxyl groups is 1. The minimum atomic E-state index is 0.0332. The molecule has 20 heavy (non-hydrogen) atoms. The summed E-state index contributed by atoms with van der Waals surface area (Å²) in [7, 11) is 0. The second kappa shape index (κ2) is 7.23. The first-order chi connectivity index (χ1) is 9.65. The summed E-state index contributed by atoms with van der Waals surface area (Å²) in [6, 6.07) is 2.17. The summed E-state index contributed by atoms with van der Waals surface area (Å²) in [4.78, 5) is 14.4. The molecule has 1 heterocycles. The first-order valence-electron chi connectivity index (χ1n) is 7.66. The molecule has 0 aliphatic heterocycles. The van der Waals surface area contributed by atoms with Crippen molar-refractivity contribution in [3.05, 3.63) is 21.4 Å². The number of carbonyl (C=O) groups is 1. The Kier molecular flexibility index (Phi) is 5.61. The molecular formula is C16H25NO2S. The van der Waals surface area contributed by atoms with Crippen LogP contribution in [0.3, 0.4) is 0 Å². The lowest BCUT2D eigenvalue weighted by atomic mass is 9.85. The van der Waals surface area contributed by atoms with Crippen LogP contribution in [0.4, 0.5) is 0 Å². The van der Waals surface area contributed by atoms with E-state index < -0.39 is 0 Å². The molecule has 0 aromatic carbocycles. The fourth-order valence-corrected chi connectivity index (χ4v) is 3.98. The maximum atomic E-state index is 12.4. The van der Waals surface area contributed by atoms with Crippen molar-refractivity contribution >= 4 is 17.2 Å². The number of rotatable bonds is 5. The van der Waals surface area contributed by atoms with Crippen LogP contribution in [-0.2, 0) is 6.42 Å². The van der Waals surface area contributed by atoms with Gasteiger partial charge < -0.3 is 10.4 Å². The lowest BCUT2D eigenvalue weighted by Crippen LogP contribution is -2.43. The molecule has 4 heteroatoms. The van der Waals surface area contributed by atoms with Crippen LogP contribution in [0.1, 0.15) is 59.1 Å². The van der Waals surface area contributed by atoms with Gasteiger partial charge in [-0.2, -0.15) is 0 Å². The first kappa shape index (κ1) is 15.5. The molecule has 2 unspecified atom stereocenters. The number of aryl methyl sites for hydroxylation is 2. The number of hydrogen-bond acceptors (Lipinski definition) is 3. The Balaban J connectivity index is 2.01. The van der Waals surface area contributed by atoms with Gasteiger partial charge in [0.05, 0.1) is 4.88 Å². The number of thiophene rings is 1. The van der Waals surface area contributed by atoms with E-state index in [-0.39, 0.29) is 24.5 Å². The molecule has 0 radical (unpaired) electrons. The molecule has 1 aromatic heterocycles. The predicted octanol–water partition coefficient (Wildman–Crippen LogP) is 3.29. The van der Waals surface area contributed by atoms with E-state index in [9.17, 15) is 9.90 Å². The average Bonchev–Trinajstić information content (AvgIpc) is 2.81. The van der Waals surface area contributed by atoms with Crippen LogP contribution in [0.5, 0.6) is 0 Å². The Bertz CT molecular complexity index is 455. The lowest BCUT2D eigenvalue weighted by Gasteiger charge is -2.30. The highest BCUT2D eigenvalue weighted by molar-refractivity contribution is 7.14. The van der Waals surface area contributed by atoms with Gasteiger partial charge in [0.2, 0.25) is 0 Å². The van der Waals surface area contributed by atoms with Gasteiger partial charge in [-0.15, -0.1) is 11.3 Å². The fourth-order valence-electron chi connectivity index (χ4n) is 3.00. The highest BCUT2D eigenvalue weighted by Gasteiger charge is 2.26. The van der Waals surface area contributed by atoms with Crippen LogP contribution >= 0.6 is 11.3 Å². The van der Waals surface area contributed by atoms with Crippen molar-refractivity contribution in [2.24, 2.45) is 5.92 Å². The highest BCUT2D eigenvalue weighted by Crippen LogP contribution is 2.26. The number of amides is 1. The smallest absolute Gasteiger partial charge is 0.261 e. The molecule has 0 bridgehead atoms. The van der Waals surface area contributed by atoms with E-state index in [0.29, 0.717) is 0 Å². The number of carbonyl (C=O) groups excluding carboxylic acids is 1. The SMILES string of the molecule is CCCc1cc(C(=O)NC2CCCCC2CO)sc1C. The van der Waals surface area contributed by atoms with Crippen molar-refractivity contribution in [3.63, 3.8) is 0 Å². The molecule has 2 rings (SSSR count). The van der Waals surface area contributed by atoms with E-state index in [1.807, 2.05) is 6.07 Å². The molecule has 1 aliphatic carbocycles. The Morgan fingerprint density at radius 2 is 2.20 bits per heavy atom. The van der Waals surface area contributed by atoms with E-state index in [4.69, 9.17) is 0 Å². The van der Waals surface area contributed by atoms with Crippen molar-refractivity contribution in [2.45, 2.75) is 58.4 Å². The zero-order valence-corrected chi connectivity index (χ0v) is 13.3. The topological polar surface area (TPSA) is 49.3 Å². The number of nitrogens with one attached hydrogen (secondary N) is 1. The maximum Gasteiger partial charge on any atom is 0.261 e. The molecule has 1 aliphatic rings. The number of hydrogen-bond donors (Lipinski definition) is 2. The quantitative estimate of drug-likeness (QED) is 0.875. The van der Waals surface area contributed by atoms with E-state index in [1.165, 1.54) is 10.4 Å². The van der Waals surface area contributed by atoms with Gasteiger partial charge in [-0.1, -0.05) is 26.2 Å². The van der Waals surface area contributed by atoms with Crippen LogP contribution in [0.2, 0.25) is 0 Å². The minimum absolute atomic E-state index is 0.0332. The summed E-state index contributed by atoms with van der Waals surface area (Å²) in [5.74, 6) is 0.259. The second-order valence-corrected chi connectivity index (χ2v) is 7.01. The third-order valence-electron chi connectivity index (χ3n) is 4.22. The van der Waals surface area contributed by atoms with Gasteiger partial charge in [0, 0.05) is 23.4 Å². The molecule has 2 N–H and O–H groups in total. The molecular weight excluding hydrogens is 270 g/mol. The molecule has 2 atom stereocenters. The van der Waals surface area contributed by atoms with Crippen LogP contribution in [0.15, 0.2) is 6.07 Å². The first-order valence-corrected chi connectivity index (χ1v) is 8.48. The van der Waals surface area contributed by atoms with Gasteiger partial charge in [0.15, 0.2) is 0 Å². The molecule has 0 spiro atoms. The molecule has 112 valence electrons. The third kappa shape index (κ3) is 3.61. The van der Waals surface area contributed by atoms with Crippen molar-refractivity contribution in [1.82, 2.24) is 5.32 Å². The van der Waals surface area contributed by atoms with Gasteiger partial charge in [-0.3, -0.25) is 4.79 Å². The zero-order chi connectivity index (χ0) is 14.5. The van der Waals surface area contributed by atoms with Crippen molar-refractivity contribution < 1.29 is 9.90 Å². The monoisotopic (exact) mass is 295 g/mol. The zero-order valence-electron chi connectivity index (χ0n) is 12.4. The van der Waals surface area contributed by atoms with Crippen molar-refractivity contribution in [1.29, 1.82) is 0 Å².